The fraction of sp³-hybridized carbons (Fsp3) is 0.0714. The van der Waals surface area contributed by atoms with Crippen LogP contribution >= 0.6 is 34.3 Å². The summed E-state index contributed by atoms with van der Waals surface area (Å²) in [4.78, 5) is 21.2. The number of carboxylic acids is 1. The maximum Gasteiger partial charge on any atom is 0.308 e. The highest BCUT2D eigenvalue weighted by Gasteiger charge is 2.12. The van der Waals surface area contributed by atoms with E-state index in [0.717, 1.165) is 20.5 Å². The fourth-order valence-electron chi connectivity index (χ4n) is 1.80. The van der Waals surface area contributed by atoms with Crippen molar-refractivity contribution < 1.29 is 9.90 Å². The van der Waals surface area contributed by atoms with Gasteiger partial charge in [0.2, 0.25) is 0 Å². The standard InChI is InChI=1S/C14H9ClN2O2S2/c15-9-2-1-5-16-13(9)14-17-10(7-20-14)11-4-3-8(21-11)6-12(18)19/h1-5,7H,6H2,(H,18,19). The summed E-state index contributed by atoms with van der Waals surface area (Å²) in [6.07, 6.45) is 1.71. The van der Waals surface area contributed by atoms with E-state index < -0.39 is 5.97 Å². The van der Waals surface area contributed by atoms with Gasteiger partial charge < -0.3 is 5.11 Å². The zero-order valence-corrected chi connectivity index (χ0v) is 13.0. The number of hydrogen-bond acceptors (Lipinski definition) is 5. The smallest absolute Gasteiger partial charge is 0.308 e. The first kappa shape index (κ1) is 14.2. The third-order valence-corrected chi connectivity index (χ3v) is 4.97. The van der Waals surface area contributed by atoms with Gasteiger partial charge in [-0.25, -0.2) is 4.98 Å². The van der Waals surface area contributed by atoms with Crippen molar-refractivity contribution in [1.82, 2.24) is 9.97 Å². The topological polar surface area (TPSA) is 63.1 Å². The van der Waals surface area contributed by atoms with Gasteiger partial charge in [0.05, 0.1) is 22.0 Å². The van der Waals surface area contributed by atoms with Crippen LogP contribution in [0.1, 0.15) is 4.88 Å². The van der Waals surface area contributed by atoms with Crippen molar-refractivity contribution in [1.29, 1.82) is 0 Å². The Balaban J connectivity index is 1.90. The predicted octanol–water partition coefficient (Wildman–Crippen LogP) is 4.21. The molecule has 7 heteroatoms. The summed E-state index contributed by atoms with van der Waals surface area (Å²) in [5, 5.41) is 12.0. The van der Waals surface area contributed by atoms with Gasteiger partial charge in [0.1, 0.15) is 10.7 Å². The number of carbonyl (C=O) groups is 1. The van der Waals surface area contributed by atoms with Crippen LogP contribution in [-0.2, 0) is 11.2 Å². The molecule has 0 unspecified atom stereocenters. The van der Waals surface area contributed by atoms with E-state index in [0.29, 0.717) is 10.7 Å². The lowest BCUT2D eigenvalue weighted by molar-refractivity contribution is -0.136. The van der Waals surface area contributed by atoms with Crippen molar-refractivity contribution in [3.05, 3.63) is 45.7 Å². The van der Waals surface area contributed by atoms with Crippen LogP contribution < -0.4 is 0 Å². The fourth-order valence-corrected chi connectivity index (χ4v) is 3.93. The predicted molar refractivity (Wildman–Crippen MR) is 85.0 cm³/mol. The summed E-state index contributed by atoms with van der Waals surface area (Å²) < 4.78 is 0. The molecule has 1 N–H and O–H groups in total. The van der Waals surface area contributed by atoms with E-state index >= 15 is 0 Å². The average molecular weight is 337 g/mol. The van der Waals surface area contributed by atoms with Gasteiger partial charge in [0.25, 0.3) is 0 Å². The number of thiazole rings is 1. The molecule has 0 atom stereocenters. The van der Waals surface area contributed by atoms with Crippen molar-refractivity contribution >= 4 is 40.2 Å². The number of aromatic nitrogens is 2. The first-order valence-corrected chi connectivity index (χ1v) is 8.08. The largest absolute Gasteiger partial charge is 0.481 e. The molecule has 0 aliphatic heterocycles. The summed E-state index contributed by atoms with van der Waals surface area (Å²) in [6, 6.07) is 7.27. The van der Waals surface area contributed by atoms with E-state index in [9.17, 15) is 4.79 Å². The molecule has 0 amide bonds. The summed E-state index contributed by atoms with van der Waals surface area (Å²) in [5.41, 5.74) is 1.48. The van der Waals surface area contributed by atoms with E-state index in [1.165, 1.54) is 22.7 Å². The summed E-state index contributed by atoms with van der Waals surface area (Å²) >= 11 is 9.02. The van der Waals surface area contributed by atoms with Crippen molar-refractivity contribution in [3.63, 3.8) is 0 Å². The van der Waals surface area contributed by atoms with Crippen molar-refractivity contribution in [2.45, 2.75) is 6.42 Å². The number of halogens is 1. The van der Waals surface area contributed by atoms with Gasteiger partial charge in [-0.3, -0.25) is 9.78 Å². The Hall–Kier alpha value is -1.76. The average Bonchev–Trinajstić information content (AvgIpc) is 3.07. The van der Waals surface area contributed by atoms with Crippen LogP contribution in [0.25, 0.3) is 21.3 Å². The zero-order valence-electron chi connectivity index (χ0n) is 10.6. The zero-order chi connectivity index (χ0) is 14.8. The van der Waals surface area contributed by atoms with Crippen LogP contribution in [0.3, 0.4) is 0 Å². The van der Waals surface area contributed by atoms with Crippen LogP contribution in [0, 0.1) is 0 Å². The van der Waals surface area contributed by atoms with Crippen LogP contribution in [0.4, 0.5) is 0 Å². The molecule has 0 radical (unpaired) electrons. The molecule has 0 saturated heterocycles. The third-order valence-electron chi connectivity index (χ3n) is 2.70. The van der Waals surface area contributed by atoms with Gasteiger partial charge in [-0.15, -0.1) is 22.7 Å². The van der Waals surface area contributed by atoms with E-state index in [1.54, 1.807) is 18.3 Å². The molecular formula is C14H9ClN2O2S2. The number of carboxylic acid groups (broad SMARTS) is 1. The molecule has 3 rings (SSSR count). The first-order valence-electron chi connectivity index (χ1n) is 6.01. The summed E-state index contributed by atoms with van der Waals surface area (Å²) in [6.45, 7) is 0. The highest BCUT2D eigenvalue weighted by molar-refractivity contribution is 7.16. The number of nitrogens with zero attached hydrogens (tertiary/aromatic N) is 2. The Bertz CT molecular complexity index is 798. The SMILES string of the molecule is O=C(O)Cc1ccc(-c2csc(-c3ncccc3Cl)n2)s1. The molecule has 3 heterocycles. The number of thiophene rings is 1. The van der Waals surface area contributed by atoms with Crippen molar-refractivity contribution in [3.8, 4) is 21.3 Å². The molecule has 21 heavy (non-hydrogen) atoms. The van der Waals surface area contributed by atoms with Crippen LogP contribution in [0.15, 0.2) is 35.8 Å². The van der Waals surface area contributed by atoms with Crippen molar-refractivity contribution in [2.75, 3.05) is 0 Å². The van der Waals surface area contributed by atoms with E-state index in [4.69, 9.17) is 16.7 Å². The number of hydrogen-bond donors (Lipinski definition) is 1. The number of aliphatic carboxylic acids is 1. The molecule has 3 aromatic heterocycles. The van der Waals surface area contributed by atoms with E-state index in [-0.39, 0.29) is 6.42 Å². The lowest BCUT2D eigenvalue weighted by atomic mass is 10.3. The third kappa shape index (κ3) is 3.12. The lowest BCUT2D eigenvalue weighted by Crippen LogP contribution is -1.96. The minimum absolute atomic E-state index is 0.0354. The molecule has 0 fully saturated rings. The minimum atomic E-state index is -0.831. The minimum Gasteiger partial charge on any atom is -0.481 e. The summed E-state index contributed by atoms with van der Waals surface area (Å²) in [5.74, 6) is -0.831. The van der Waals surface area contributed by atoms with E-state index in [2.05, 4.69) is 9.97 Å². The van der Waals surface area contributed by atoms with Gasteiger partial charge >= 0.3 is 5.97 Å². The van der Waals surface area contributed by atoms with Gasteiger partial charge in [-0.1, -0.05) is 11.6 Å². The Morgan fingerprint density at radius 3 is 2.95 bits per heavy atom. The Morgan fingerprint density at radius 1 is 1.33 bits per heavy atom. The first-order chi connectivity index (χ1) is 10.1. The lowest BCUT2D eigenvalue weighted by Gasteiger charge is -1.97. The molecule has 0 saturated carbocycles. The molecular weight excluding hydrogens is 328 g/mol. The second kappa shape index (κ2) is 5.93. The van der Waals surface area contributed by atoms with Gasteiger partial charge in [0.15, 0.2) is 0 Å². The highest BCUT2D eigenvalue weighted by atomic mass is 35.5. The maximum absolute atomic E-state index is 10.7. The number of rotatable bonds is 4. The normalized spacial score (nSPS) is 10.7. The molecule has 4 nitrogen and oxygen atoms in total. The second-order valence-corrected chi connectivity index (χ2v) is 6.64. The van der Waals surface area contributed by atoms with Crippen LogP contribution in [-0.4, -0.2) is 21.0 Å². The van der Waals surface area contributed by atoms with E-state index in [1.807, 2.05) is 17.5 Å². The summed E-state index contributed by atoms with van der Waals surface area (Å²) in [7, 11) is 0. The van der Waals surface area contributed by atoms with Gasteiger partial charge in [-0.2, -0.15) is 0 Å². The van der Waals surface area contributed by atoms with Gasteiger partial charge in [-0.05, 0) is 24.3 Å². The molecule has 3 aromatic rings. The maximum atomic E-state index is 10.7. The number of pyridine rings is 1. The van der Waals surface area contributed by atoms with Crippen LogP contribution in [0.5, 0.6) is 0 Å². The molecule has 0 aliphatic rings. The Morgan fingerprint density at radius 2 is 2.19 bits per heavy atom. The second-order valence-electron chi connectivity index (χ2n) is 4.21. The molecule has 0 bridgehead atoms. The van der Waals surface area contributed by atoms with Gasteiger partial charge in [0, 0.05) is 16.5 Å². The van der Waals surface area contributed by atoms with Crippen molar-refractivity contribution in [2.24, 2.45) is 0 Å². The highest BCUT2D eigenvalue weighted by Crippen LogP contribution is 2.34. The monoisotopic (exact) mass is 336 g/mol. The molecule has 0 aromatic carbocycles. The Labute approximate surface area is 133 Å². The quantitative estimate of drug-likeness (QED) is 0.775. The molecule has 0 spiro atoms. The Kier molecular flexibility index (Phi) is 4.01. The molecule has 0 aliphatic carbocycles. The molecule has 106 valence electrons. The van der Waals surface area contributed by atoms with Crippen LogP contribution in [0.2, 0.25) is 5.02 Å².